The van der Waals surface area contributed by atoms with Crippen LogP contribution in [0, 0.1) is 10.1 Å². The molecule has 0 spiro atoms. The smallest absolute Gasteiger partial charge is 0.387 e. The van der Waals surface area contributed by atoms with Crippen LogP contribution in [0.1, 0.15) is 25.1 Å². The fraction of sp³-hybridized carbons (Fsp3) is 0.312. The number of anilines is 1. The van der Waals surface area contributed by atoms with Crippen LogP contribution in [0.25, 0.3) is 0 Å². The van der Waals surface area contributed by atoms with E-state index in [9.17, 15) is 14.9 Å². The van der Waals surface area contributed by atoms with Gasteiger partial charge in [0.05, 0.1) is 5.69 Å². The first-order valence-corrected chi connectivity index (χ1v) is 7.42. The highest BCUT2D eigenvalue weighted by Gasteiger charge is 2.22. The van der Waals surface area contributed by atoms with Crippen molar-refractivity contribution in [2.45, 2.75) is 26.7 Å². The van der Waals surface area contributed by atoms with Gasteiger partial charge in [0.25, 0.3) is 0 Å². The predicted molar refractivity (Wildman–Crippen MR) is 88.5 cm³/mol. The molecule has 126 valence electrons. The number of hydrogen-bond donors (Lipinski definition) is 1. The Morgan fingerprint density at radius 3 is 2.75 bits per heavy atom. The molecule has 8 nitrogen and oxygen atoms in total. The molecule has 0 saturated heterocycles. The van der Waals surface area contributed by atoms with Crippen molar-refractivity contribution >= 4 is 17.3 Å². The fourth-order valence-electron chi connectivity index (χ4n) is 2.36. The van der Waals surface area contributed by atoms with Crippen LogP contribution < -0.4 is 10.1 Å². The van der Waals surface area contributed by atoms with Crippen LogP contribution in [0.5, 0.6) is 11.5 Å². The van der Waals surface area contributed by atoms with Gasteiger partial charge in [-0.2, -0.15) is 0 Å². The molecular formula is C16H18N4O4. The molecule has 0 radical (unpaired) electrons. The Morgan fingerprint density at radius 1 is 1.42 bits per heavy atom. The Morgan fingerprint density at radius 2 is 2.17 bits per heavy atom. The molecule has 2 aromatic rings. The number of rotatable bonds is 7. The van der Waals surface area contributed by atoms with E-state index in [0.29, 0.717) is 34.9 Å². The van der Waals surface area contributed by atoms with Crippen LogP contribution in [-0.2, 0) is 17.6 Å². The standard InChI is InChI=1S/C16H18N4O4/c1-4-13-14(9-19-16(20(22)23)15(13)17-3)24-12-5-6-18-11(8-12)7-10(2)21/h5-6,8-9,17H,4,7H2,1-3H3. The van der Waals surface area contributed by atoms with Gasteiger partial charge >= 0.3 is 5.82 Å². The zero-order chi connectivity index (χ0) is 17.7. The average Bonchev–Trinajstić information content (AvgIpc) is 2.53. The number of Topliss-reactive ketones (excluding diaryl/α,β-unsaturated/α-hetero) is 1. The molecule has 2 rings (SSSR count). The largest absolute Gasteiger partial charge is 0.453 e. The molecule has 8 heteroatoms. The first-order chi connectivity index (χ1) is 11.5. The summed E-state index contributed by atoms with van der Waals surface area (Å²) in [5.41, 5.74) is 1.59. The SMILES string of the molecule is CCc1c(Oc2ccnc(CC(C)=O)c2)cnc([N+](=O)[O-])c1NC. The van der Waals surface area contributed by atoms with Crippen molar-refractivity contribution in [3.8, 4) is 11.5 Å². The molecule has 2 heterocycles. The summed E-state index contributed by atoms with van der Waals surface area (Å²) in [5.74, 6) is 0.679. The first kappa shape index (κ1) is 17.3. The third kappa shape index (κ3) is 3.83. The molecular weight excluding hydrogens is 312 g/mol. The predicted octanol–water partition coefficient (Wildman–Crippen LogP) is 2.91. The van der Waals surface area contributed by atoms with E-state index >= 15 is 0 Å². The van der Waals surface area contributed by atoms with E-state index in [0.717, 1.165) is 0 Å². The van der Waals surface area contributed by atoms with E-state index in [2.05, 4.69) is 15.3 Å². The number of nitrogens with one attached hydrogen (secondary N) is 1. The van der Waals surface area contributed by atoms with Gasteiger partial charge in [0.1, 0.15) is 17.2 Å². The molecule has 0 fully saturated rings. The lowest BCUT2D eigenvalue weighted by molar-refractivity contribution is -0.388. The summed E-state index contributed by atoms with van der Waals surface area (Å²) < 4.78 is 5.82. The lowest BCUT2D eigenvalue weighted by Crippen LogP contribution is -2.05. The minimum atomic E-state index is -0.536. The van der Waals surface area contributed by atoms with Gasteiger partial charge in [0, 0.05) is 31.3 Å². The summed E-state index contributed by atoms with van der Waals surface area (Å²) in [4.78, 5) is 29.7. The number of carbonyl (C=O) groups is 1. The highest BCUT2D eigenvalue weighted by Crippen LogP contribution is 2.35. The van der Waals surface area contributed by atoms with Gasteiger partial charge in [-0.3, -0.25) is 9.78 Å². The maximum Gasteiger partial charge on any atom is 0.387 e. The molecule has 0 bridgehead atoms. The van der Waals surface area contributed by atoms with E-state index in [-0.39, 0.29) is 18.0 Å². The van der Waals surface area contributed by atoms with Crippen molar-refractivity contribution in [2.24, 2.45) is 0 Å². The minimum Gasteiger partial charge on any atom is -0.453 e. The maximum atomic E-state index is 11.2. The number of ether oxygens (including phenoxy) is 1. The maximum absolute atomic E-state index is 11.2. The molecule has 0 saturated carbocycles. The summed E-state index contributed by atoms with van der Waals surface area (Å²) in [5, 5.41) is 13.9. The van der Waals surface area contributed by atoms with Crippen LogP contribution in [-0.4, -0.2) is 27.7 Å². The molecule has 0 aliphatic heterocycles. The number of hydrogen-bond acceptors (Lipinski definition) is 7. The van der Waals surface area contributed by atoms with Crippen LogP contribution in [0.15, 0.2) is 24.5 Å². The average molecular weight is 330 g/mol. The number of ketones is 1. The van der Waals surface area contributed by atoms with Gasteiger partial charge in [-0.05, 0) is 29.3 Å². The Labute approximate surface area is 139 Å². The van der Waals surface area contributed by atoms with Gasteiger partial charge in [0.2, 0.25) is 0 Å². The van der Waals surface area contributed by atoms with E-state index in [1.165, 1.54) is 13.1 Å². The highest BCUT2D eigenvalue weighted by molar-refractivity contribution is 5.77. The topological polar surface area (TPSA) is 107 Å². The lowest BCUT2D eigenvalue weighted by Gasteiger charge is -2.13. The van der Waals surface area contributed by atoms with Crippen molar-refractivity contribution in [2.75, 3.05) is 12.4 Å². The molecule has 0 atom stereocenters. The van der Waals surface area contributed by atoms with Crippen molar-refractivity contribution in [1.29, 1.82) is 0 Å². The molecule has 0 aliphatic carbocycles. The quantitative estimate of drug-likeness (QED) is 0.614. The lowest BCUT2D eigenvalue weighted by atomic mass is 10.1. The van der Waals surface area contributed by atoms with Crippen molar-refractivity contribution in [3.63, 3.8) is 0 Å². The second kappa shape index (κ2) is 7.49. The van der Waals surface area contributed by atoms with Crippen LogP contribution in [0.4, 0.5) is 11.5 Å². The van der Waals surface area contributed by atoms with Crippen LogP contribution in [0.3, 0.4) is 0 Å². The second-order valence-electron chi connectivity index (χ2n) is 5.12. The molecule has 0 aromatic carbocycles. The number of nitrogens with zero attached hydrogens (tertiary/aromatic N) is 3. The molecule has 2 aromatic heterocycles. The van der Waals surface area contributed by atoms with E-state index in [4.69, 9.17) is 4.74 Å². The summed E-state index contributed by atoms with van der Waals surface area (Å²) in [6.45, 7) is 3.37. The summed E-state index contributed by atoms with van der Waals surface area (Å²) in [7, 11) is 1.60. The number of aromatic nitrogens is 2. The normalized spacial score (nSPS) is 10.3. The Kier molecular flexibility index (Phi) is 5.41. The highest BCUT2D eigenvalue weighted by atomic mass is 16.6. The molecule has 0 aliphatic rings. The number of carbonyl (C=O) groups excluding carboxylic acids is 1. The van der Waals surface area contributed by atoms with Crippen LogP contribution in [0.2, 0.25) is 0 Å². The Hall–Kier alpha value is -3.03. The molecule has 1 N–H and O–H groups in total. The summed E-state index contributed by atoms with van der Waals surface area (Å²) in [6, 6.07) is 3.32. The van der Waals surface area contributed by atoms with Gasteiger partial charge in [-0.1, -0.05) is 6.92 Å². The number of pyridine rings is 2. The summed E-state index contributed by atoms with van der Waals surface area (Å²) in [6.07, 6.45) is 3.64. The number of nitro groups is 1. The first-order valence-electron chi connectivity index (χ1n) is 7.42. The summed E-state index contributed by atoms with van der Waals surface area (Å²) >= 11 is 0. The minimum absolute atomic E-state index is 0.00312. The van der Waals surface area contributed by atoms with Gasteiger partial charge in [-0.15, -0.1) is 0 Å². The monoisotopic (exact) mass is 330 g/mol. The van der Waals surface area contributed by atoms with Crippen molar-refractivity contribution in [3.05, 3.63) is 45.9 Å². The van der Waals surface area contributed by atoms with E-state index < -0.39 is 4.92 Å². The second-order valence-corrected chi connectivity index (χ2v) is 5.12. The third-order valence-electron chi connectivity index (χ3n) is 3.35. The van der Waals surface area contributed by atoms with Crippen LogP contribution >= 0.6 is 0 Å². The molecule has 24 heavy (non-hydrogen) atoms. The fourth-order valence-corrected chi connectivity index (χ4v) is 2.36. The zero-order valence-electron chi connectivity index (χ0n) is 13.7. The van der Waals surface area contributed by atoms with Gasteiger partial charge < -0.3 is 20.2 Å². The van der Waals surface area contributed by atoms with Gasteiger partial charge in [0.15, 0.2) is 11.9 Å². The van der Waals surface area contributed by atoms with Crippen molar-refractivity contribution < 1.29 is 14.5 Å². The zero-order valence-corrected chi connectivity index (χ0v) is 13.7. The Bertz CT molecular complexity index is 777. The van der Waals surface area contributed by atoms with Gasteiger partial charge in [-0.25, -0.2) is 0 Å². The molecule has 0 unspecified atom stereocenters. The van der Waals surface area contributed by atoms with E-state index in [1.54, 1.807) is 25.4 Å². The van der Waals surface area contributed by atoms with E-state index in [1.807, 2.05) is 6.92 Å². The third-order valence-corrected chi connectivity index (χ3v) is 3.35. The Balaban J connectivity index is 2.39. The molecule has 0 amide bonds. The van der Waals surface area contributed by atoms with Crippen molar-refractivity contribution in [1.82, 2.24) is 9.97 Å².